The second kappa shape index (κ2) is 10.6. The third kappa shape index (κ3) is 5.89. The lowest BCUT2D eigenvalue weighted by Gasteiger charge is -2.32. The molecular weight excluding hydrogens is 442 g/mol. The van der Waals surface area contributed by atoms with Crippen molar-refractivity contribution in [3.63, 3.8) is 0 Å². The first-order valence-electron chi connectivity index (χ1n) is 11.1. The van der Waals surface area contributed by atoms with Gasteiger partial charge in [-0.1, -0.05) is 0 Å². The number of hydrogen-bond acceptors (Lipinski definition) is 5. The van der Waals surface area contributed by atoms with Crippen LogP contribution in [0, 0.1) is 11.6 Å². The summed E-state index contributed by atoms with van der Waals surface area (Å²) < 4.78 is 34.8. The smallest absolute Gasteiger partial charge is 0.323 e. The van der Waals surface area contributed by atoms with Crippen LogP contribution in [0.1, 0.15) is 0 Å². The second-order valence-corrected chi connectivity index (χ2v) is 8.25. The van der Waals surface area contributed by atoms with Gasteiger partial charge in [-0.25, -0.2) is 13.6 Å². The van der Waals surface area contributed by atoms with E-state index in [-0.39, 0.29) is 5.69 Å². The Labute approximate surface area is 197 Å². The molecule has 1 fully saturated rings. The molecule has 8 nitrogen and oxygen atoms in total. The zero-order valence-electron chi connectivity index (χ0n) is 19.2. The van der Waals surface area contributed by atoms with E-state index in [1.165, 1.54) is 6.07 Å². The third-order valence-corrected chi connectivity index (χ3v) is 5.77. The van der Waals surface area contributed by atoms with Crippen molar-refractivity contribution in [3.05, 3.63) is 60.3 Å². The van der Waals surface area contributed by atoms with Crippen LogP contribution in [0.2, 0.25) is 0 Å². The average Bonchev–Trinajstić information content (AvgIpc) is 3.23. The highest BCUT2D eigenvalue weighted by atomic mass is 19.1. The number of carbonyl (C=O) groups is 1. The highest BCUT2D eigenvalue weighted by Crippen LogP contribution is 2.32. The Morgan fingerprint density at radius 1 is 1.03 bits per heavy atom. The van der Waals surface area contributed by atoms with Gasteiger partial charge in [0.25, 0.3) is 0 Å². The number of likely N-dealkylation sites (N-methyl/N-ethyl adjacent to an activating group) is 1. The summed E-state index contributed by atoms with van der Waals surface area (Å²) in [6.45, 7) is 5.48. The predicted octanol–water partition coefficient (Wildman–Crippen LogP) is 3.64. The molecule has 2 amide bonds. The molecule has 2 aromatic carbocycles. The van der Waals surface area contributed by atoms with Crippen molar-refractivity contribution in [2.45, 2.75) is 0 Å². The van der Waals surface area contributed by atoms with Gasteiger partial charge >= 0.3 is 6.03 Å². The second-order valence-electron chi connectivity index (χ2n) is 8.25. The van der Waals surface area contributed by atoms with E-state index in [0.717, 1.165) is 50.0 Å². The molecule has 3 aromatic rings. The molecule has 1 saturated heterocycles. The number of rotatable bonds is 7. The minimum Gasteiger partial charge on any atom is -0.492 e. The quantitative estimate of drug-likeness (QED) is 0.552. The van der Waals surface area contributed by atoms with Gasteiger partial charge in [0.15, 0.2) is 0 Å². The van der Waals surface area contributed by atoms with Crippen molar-refractivity contribution < 1.29 is 18.3 Å². The SMILES string of the molecule is CN1CCN(CCOc2ccc(NC(=O)Nc3ccc(F)cc3F)cc2-c2ccnn2C)CC1. The number of halogens is 2. The molecule has 2 N–H and O–H groups in total. The number of aryl methyl sites for hydroxylation is 1. The highest BCUT2D eigenvalue weighted by Gasteiger charge is 2.16. The minimum atomic E-state index is -0.852. The molecule has 0 bridgehead atoms. The van der Waals surface area contributed by atoms with Gasteiger partial charge in [-0.3, -0.25) is 9.58 Å². The highest BCUT2D eigenvalue weighted by molar-refractivity contribution is 6.00. The van der Waals surface area contributed by atoms with Gasteiger partial charge in [0.1, 0.15) is 24.0 Å². The fourth-order valence-corrected chi connectivity index (χ4v) is 3.80. The van der Waals surface area contributed by atoms with Crippen molar-refractivity contribution in [1.82, 2.24) is 19.6 Å². The van der Waals surface area contributed by atoms with E-state index in [4.69, 9.17) is 4.74 Å². The van der Waals surface area contributed by atoms with Gasteiger partial charge in [-0.2, -0.15) is 5.10 Å². The molecule has 0 atom stereocenters. The lowest BCUT2D eigenvalue weighted by molar-refractivity contribution is 0.134. The number of aromatic nitrogens is 2. The zero-order valence-corrected chi connectivity index (χ0v) is 19.2. The molecule has 180 valence electrons. The Bertz CT molecular complexity index is 1140. The molecule has 0 radical (unpaired) electrons. The summed E-state index contributed by atoms with van der Waals surface area (Å²) in [7, 11) is 3.95. The first-order valence-corrected chi connectivity index (χ1v) is 11.1. The van der Waals surface area contributed by atoms with Crippen LogP contribution in [-0.2, 0) is 7.05 Å². The Morgan fingerprint density at radius 2 is 1.82 bits per heavy atom. The molecule has 34 heavy (non-hydrogen) atoms. The number of ether oxygens (including phenoxy) is 1. The summed E-state index contributed by atoms with van der Waals surface area (Å²) in [5.41, 5.74) is 1.96. The maximum absolute atomic E-state index is 13.9. The Kier molecular flexibility index (Phi) is 7.39. The van der Waals surface area contributed by atoms with Gasteiger partial charge in [0.2, 0.25) is 0 Å². The first-order chi connectivity index (χ1) is 16.4. The van der Waals surface area contributed by atoms with Crippen LogP contribution in [0.3, 0.4) is 0 Å². The molecule has 0 spiro atoms. The Hall–Kier alpha value is -3.50. The number of carbonyl (C=O) groups excluding carboxylic acids is 1. The van der Waals surface area contributed by atoms with Crippen molar-refractivity contribution in [2.75, 3.05) is 57.0 Å². The van der Waals surface area contributed by atoms with Crippen molar-refractivity contribution in [3.8, 4) is 17.0 Å². The van der Waals surface area contributed by atoms with Gasteiger partial charge in [0, 0.05) is 63.3 Å². The summed E-state index contributed by atoms with van der Waals surface area (Å²) in [4.78, 5) is 17.1. The average molecular weight is 471 g/mol. The van der Waals surface area contributed by atoms with Crippen molar-refractivity contribution >= 4 is 17.4 Å². The number of hydrogen-bond donors (Lipinski definition) is 2. The van der Waals surface area contributed by atoms with Crippen LogP contribution in [0.25, 0.3) is 11.3 Å². The van der Waals surface area contributed by atoms with Gasteiger partial charge in [0.05, 0.1) is 11.4 Å². The van der Waals surface area contributed by atoms with E-state index in [9.17, 15) is 13.6 Å². The summed E-state index contributed by atoms with van der Waals surface area (Å²) >= 11 is 0. The molecular formula is C24H28F2N6O2. The maximum Gasteiger partial charge on any atom is 0.323 e. The third-order valence-electron chi connectivity index (χ3n) is 5.77. The van der Waals surface area contributed by atoms with E-state index < -0.39 is 17.7 Å². The molecule has 4 rings (SSSR count). The minimum absolute atomic E-state index is 0.116. The lowest BCUT2D eigenvalue weighted by Crippen LogP contribution is -2.45. The van der Waals surface area contributed by atoms with Crippen molar-refractivity contribution in [1.29, 1.82) is 0 Å². The van der Waals surface area contributed by atoms with Gasteiger partial charge in [-0.05, 0) is 43.4 Å². The number of nitrogens with zero attached hydrogens (tertiary/aromatic N) is 4. The number of urea groups is 1. The summed E-state index contributed by atoms with van der Waals surface area (Å²) in [5, 5.41) is 9.31. The van der Waals surface area contributed by atoms with E-state index in [0.29, 0.717) is 24.1 Å². The fourth-order valence-electron chi connectivity index (χ4n) is 3.80. The molecule has 0 saturated carbocycles. The molecule has 0 aliphatic carbocycles. The number of nitrogens with one attached hydrogen (secondary N) is 2. The van der Waals surface area contributed by atoms with E-state index in [1.54, 1.807) is 29.1 Å². The fraction of sp³-hybridized carbons (Fsp3) is 0.333. The van der Waals surface area contributed by atoms with Crippen LogP contribution < -0.4 is 15.4 Å². The van der Waals surface area contributed by atoms with E-state index in [1.807, 2.05) is 13.1 Å². The normalized spacial score (nSPS) is 14.7. The van der Waals surface area contributed by atoms with Gasteiger partial charge < -0.3 is 20.3 Å². The number of benzene rings is 2. The van der Waals surface area contributed by atoms with Crippen molar-refractivity contribution in [2.24, 2.45) is 7.05 Å². The molecule has 2 heterocycles. The summed E-state index contributed by atoms with van der Waals surface area (Å²) in [5.74, 6) is -0.893. The van der Waals surface area contributed by atoms with Crippen LogP contribution in [0.4, 0.5) is 25.0 Å². The number of anilines is 2. The Morgan fingerprint density at radius 3 is 2.53 bits per heavy atom. The summed E-state index contributed by atoms with van der Waals surface area (Å²) in [6.07, 6.45) is 1.69. The molecule has 1 aliphatic heterocycles. The van der Waals surface area contributed by atoms with Crippen LogP contribution in [0.15, 0.2) is 48.7 Å². The number of amides is 2. The molecule has 1 aromatic heterocycles. The summed E-state index contributed by atoms with van der Waals surface area (Å²) in [6, 6.07) is 9.46. The Balaban J connectivity index is 1.45. The maximum atomic E-state index is 13.9. The zero-order chi connectivity index (χ0) is 24.1. The monoisotopic (exact) mass is 470 g/mol. The number of piperazine rings is 1. The topological polar surface area (TPSA) is 74.7 Å². The van der Waals surface area contributed by atoms with Crippen LogP contribution in [-0.4, -0.2) is 72.0 Å². The van der Waals surface area contributed by atoms with Crippen LogP contribution >= 0.6 is 0 Å². The molecule has 0 unspecified atom stereocenters. The van der Waals surface area contributed by atoms with E-state index >= 15 is 0 Å². The lowest BCUT2D eigenvalue weighted by atomic mass is 10.1. The molecule has 1 aliphatic rings. The molecule has 10 heteroatoms. The largest absolute Gasteiger partial charge is 0.492 e. The van der Waals surface area contributed by atoms with E-state index in [2.05, 4.69) is 32.6 Å². The predicted molar refractivity (Wildman–Crippen MR) is 127 cm³/mol. The van der Waals surface area contributed by atoms with Crippen LogP contribution in [0.5, 0.6) is 5.75 Å². The van der Waals surface area contributed by atoms with Gasteiger partial charge in [-0.15, -0.1) is 0 Å². The standard InChI is InChI=1S/C24H28F2N6O2/c1-30-9-11-32(12-10-30)13-14-34-23-6-4-18(16-19(23)22-7-8-27-31(22)2)28-24(33)29-21-5-3-17(25)15-20(21)26/h3-8,15-16H,9-14H2,1-2H3,(H2,28,29,33). The first kappa shape index (κ1) is 23.7.